The molecule has 0 spiro atoms. The number of carbonyl (C=O) groups is 1. The number of rotatable bonds is 3. The van der Waals surface area contributed by atoms with Gasteiger partial charge in [-0.15, -0.1) is 0 Å². The van der Waals surface area contributed by atoms with Gasteiger partial charge in [-0.25, -0.2) is 0 Å². The van der Waals surface area contributed by atoms with Gasteiger partial charge in [0.2, 0.25) is 5.91 Å². The van der Waals surface area contributed by atoms with Gasteiger partial charge in [-0.1, -0.05) is 33.6 Å². The third-order valence-electron chi connectivity index (χ3n) is 4.96. The summed E-state index contributed by atoms with van der Waals surface area (Å²) in [4.78, 5) is 15.0. The summed E-state index contributed by atoms with van der Waals surface area (Å²) in [5.41, 5.74) is -0.0871. The molecular weight excluding hydrogens is 238 g/mol. The summed E-state index contributed by atoms with van der Waals surface area (Å²) < 4.78 is 0. The number of aliphatic hydroxyl groups is 1. The molecule has 0 bridgehead atoms. The van der Waals surface area contributed by atoms with Crippen molar-refractivity contribution < 1.29 is 9.90 Å². The number of aliphatic hydroxyl groups excluding tert-OH is 1. The minimum atomic E-state index is -0.228. The fourth-order valence-corrected chi connectivity index (χ4v) is 3.99. The van der Waals surface area contributed by atoms with Gasteiger partial charge in [-0.05, 0) is 37.5 Å². The molecule has 0 aromatic rings. The first-order chi connectivity index (χ1) is 8.94. The average molecular weight is 267 g/mol. The van der Waals surface area contributed by atoms with Gasteiger partial charge in [-0.3, -0.25) is 4.79 Å². The first-order valence-electron chi connectivity index (χ1n) is 7.92. The van der Waals surface area contributed by atoms with Crippen LogP contribution >= 0.6 is 0 Å². The van der Waals surface area contributed by atoms with Crippen LogP contribution in [0.15, 0.2) is 0 Å². The van der Waals surface area contributed by atoms with Crippen molar-refractivity contribution in [2.45, 2.75) is 65.4 Å². The summed E-state index contributed by atoms with van der Waals surface area (Å²) in [6.07, 6.45) is 6.07. The molecule has 2 fully saturated rings. The second-order valence-electron chi connectivity index (χ2n) is 7.17. The molecule has 1 saturated heterocycles. The fraction of sp³-hybridized carbons (Fsp3) is 0.938. The van der Waals surface area contributed by atoms with Crippen molar-refractivity contribution in [3.8, 4) is 0 Å². The van der Waals surface area contributed by atoms with Gasteiger partial charge in [0.05, 0.1) is 6.10 Å². The lowest BCUT2D eigenvalue weighted by atomic mass is 9.76. The van der Waals surface area contributed by atoms with Gasteiger partial charge in [0.15, 0.2) is 0 Å². The standard InChI is InChI=1S/C16H29NO2/c1-12(2)10-16(7-4-5-8-16)15(19)17-9-6-14(18)13(3)11-17/h12-14,18H,4-11H2,1-3H3. The highest BCUT2D eigenvalue weighted by Crippen LogP contribution is 2.45. The first kappa shape index (κ1) is 14.8. The molecule has 19 heavy (non-hydrogen) atoms. The maximum Gasteiger partial charge on any atom is 0.228 e. The molecule has 1 aliphatic heterocycles. The zero-order chi connectivity index (χ0) is 14.0. The Morgan fingerprint density at radius 3 is 2.53 bits per heavy atom. The molecule has 0 radical (unpaired) electrons. The predicted octanol–water partition coefficient (Wildman–Crippen LogP) is 2.82. The second kappa shape index (κ2) is 5.82. The third kappa shape index (κ3) is 3.13. The highest BCUT2D eigenvalue weighted by atomic mass is 16.3. The molecule has 1 amide bonds. The molecule has 1 aliphatic carbocycles. The van der Waals surface area contributed by atoms with Crippen LogP contribution in [-0.2, 0) is 4.79 Å². The van der Waals surface area contributed by atoms with Gasteiger partial charge in [0.25, 0.3) is 0 Å². The van der Waals surface area contributed by atoms with Crippen LogP contribution < -0.4 is 0 Å². The number of amides is 1. The van der Waals surface area contributed by atoms with Crippen LogP contribution in [0.2, 0.25) is 0 Å². The zero-order valence-electron chi connectivity index (χ0n) is 12.7. The van der Waals surface area contributed by atoms with E-state index in [0.29, 0.717) is 11.8 Å². The molecule has 2 unspecified atom stereocenters. The number of hydrogen-bond donors (Lipinski definition) is 1. The van der Waals surface area contributed by atoms with Crippen LogP contribution in [-0.4, -0.2) is 35.1 Å². The quantitative estimate of drug-likeness (QED) is 0.854. The first-order valence-corrected chi connectivity index (χ1v) is 7.92. The normalized spacial score (nSPS) is 30.9. The minimum Gasteiger partial charge on any atom is -0.393 e. The minimum absolute atomic E-state index is 0.0871. The third-order valence-corrected chi connectivity index (χ3v) is 4.96. The lowest BCUT2D eigenvalue weighted by molar-refractivity contribution is -0.146. The van der Waals surface area contributed by atoms with Crippen molar-refractivity contribution >= 4 is 5.91 Å². The molecule has 110 valence electrons. The van der Waals surface area contributed by atoms with E-state index in [1.807, 2.05) is 11.8 Å². The van der Waals surface area contributed by atoms with Crippen LogP contribution in [0.1, 0.15) is 59.3 Å². The number of carbonyl (C=O) groups excluding carboxylic acids is 1. The molecule has 1 heterocycles. The van der Waals surface area contributed by atoms with Crippen molar-refractivity contribution in [1.29, 1.82) is 0 Å². The Bertz CT molecular complexity index is 321. The SMILES string of the molecule is CC(C)CC1(C(=O)N2CCC(O)C(C)C2)CCCC1. The van der Waals surface area contributed by atoms with Crippen molar-refractivity contribution in [2.75, 3.05) is 13.1 Å². The summed E-state index contributed by atoms with van der Waals surface area (Å²) in [5.74, 6) is 1.17. The lowest BCUT2D eigenvalue weighted by Gasteiger charge is -2.40. The molecule has 3 nitrogen and oxygen atoms in total. The summed E-state index contributed by atoms with van der Waals surface area (Å²) in [6.45, 7) is 7.96. The Labute approximate surface area is 117 Å². The fourth-order valence-electron chi connectivity index (χ4n) is 3.99. The maximum atomic E-state index is 13.0. The van der Waals surface area contributed by atoms with Gasteiger partial charge < -0.3 is 10.0 Å². The van der Waals surface area contributed by atoms with Crippen molar-refractivity contribution in [3.63, 3.8) is 0 Å². The van der Waals surface area contributed by atoms with Gasteiger partial charge in [0, 0.05) is 18.5 Å². The van der Waals surface area contributed by atoms with E-state index in [9.17, 15) is 9.90 Å². The lowest BCUT2D eigenvalue weighted by Crippen LogP contribution is -2.50. The average Bonchev–Trinajstić information content (AvgIpc) is 2.80. The molecule has 0 aromatic heterocycles. The Morgan fingerprint density at radius 2 is 2.00 bits per heavy atom. The van der Waals surface area contributed by atoms with E-state index in [4.69, 9.17) is 0 Å². The molecule has 2 atom stereocenters. The maximum absolute atomic E-state index is 13.0. The molecule has 1 saturated carbocycles. The number of piperidine rings is 1. The largest absolute Gasteiger partial charge is 0.393 e. The molecular formula is C16H29NO2. The Balaban J connectivity index is 2.07. The van der Waals surface area contributed by atoms with Gasteiger partial charge in [0.1, 0.15) is 0 Å². The highest BCUT2D eigenvalue weighted by Gasteiger charge is 2.44. The van der Waals surface area contributed by atoms with E-state index < -0.39 is 0 Å². The number of likely N-dealkylation sites (tertiary alicyclic amines) is 1. The predicted molar refractivity (Wildman–Crippen MR) is 76.7 cm³/mol. The molecule has 1 N–H and O–H groups in total. The summed E-state index contributed by atoms with van der Waals surface area (Å²) in [7, 11) is 0. The summed E-state index contributed by atoms with van der Waals surface area (Å²) in [6, 6.07) is 0. The van der Waals surface area contributed by atoms with Crippen LogP contribution in [0.4, 0.5) is 0 Å². The van der Waals surface area contributed by atoms with Crippen molar-refractivity contribution in [1.82, 2.24) is 4.90 Å². The van der Waals surface area contributed by atoms with E-state index in [-0.39, 0.29) is 17.4 Å². The Morgan fingerprint density at radius 1 is 1.37 bits per heavy atom. The van der Waals surface area contributed by atoms with Crippen LogP contribution in [0.3, 0.4) is 0 Å². The Hall–Kier alpha value is -0.570. The van der Waals surface area contributed by atoms with E-state index in [1.165, 1.54) is 12.8 Å². The summed E-state index contributed by atoms with van der Waals surface area (Å²) >= 11 is 0. The molecule has 0 aromatic carbocycles. The smallest absolute Gasteiger partial charge is 0.228 e. The van der Waals surface area contributed by atoms with Crippen LogP contribution in [0.5, 0.6) is 0 Å². The molecule has 3 heteroatoms. The van der Waals surface area contributed by atoms with E-state index >= 15 is 0 Å². The second-order valence-corrected chi connectivity index (χ2v) is 7.17. The Kier molecular flexibility index (Phi) is 4.54. The summed E-state index contributed by atoms with van der Waals surface area (Å²) in [5, 5.41) is 9.81. The van der Waals surface area contributed by atoms with Gasteiger partial charge in [-0.2, -0.15) is 0 Å². The topological polar surface area (TPSA) is 40.5 Å². The van der Waals surface area contributed by atoms with Crippen molar-refractivity contribution in [3.05, 3.63) is 0 Å². The van der Waals surface area contributed by atoms with Crippen LogP contribution in [0, 0.1) is 17.3 Å². The number of hydrogen-bond acceptors (Lipinski definition) is 2. The van der Waals surface area contributed by atoms with Crippen molar-refractivity contribution in [2.24, 2.45) is 17.3 Å². The zero-order valence-corrected chi connectivity index (χ0v) is 12.7. The van der Waals surface area contributed by atoms with E-state index in [2.05, 4.69) is 13.8 Å². The molecule has 2 rings (SSSR count). The molecule has 2 aliphatic rings. The van der Waals surface area contributed by atoms with Crippen LogP contribution in [0.25, 0.3) is 0 Å². The van der Waals surface area contributed by atoms with E-state index in [1.54, 1.807) is 0 Å². The van der Waals surface area contributed by atoms with E-state index in [0.717, 1.165) is 38.8 Å². The number of nitrogens with zero attached hydrogens (tertiary/aromatic N) is 1. The highest BCUT2D eigenvalue weighted by molar-refractivity contribution is 5.83. The van der Waals surface area contributed by atoms with Gasteiger partial charge >= 0.3 is 0 Å². The monoisotopic (exact) mass is 267 g/mol.